The van der Waals surface area contributed by atoms with Gasteiger partial charge in [-0.15, -0.1) is 0 Å². The highest BCUT2D eigenvalue weighted by molar-refractivity contribution is 5.94. The molecule has 0 bridgehead atoms. The number of nitrogens with one attached hydrogen (secondary N) is 2. The Morgan fingerprint density at radius 3 is 1.67 bits per heavy atom. The van der Waals surface area contributed by atoms with Gasteiger partial charge in [-0.3, -0.25) is 14.4 Å². The van der Waals surface area contributed by atoms with E-state index < -0.39 is 17.7 Å². The number of primary amides is 1. The van der Waals surface area contributed by atoms with Crippen LogP contribution in [0.25, 0.3) is 0 Å². The molecule has 0 aliphatic carbocycles. The van der Waals surface area contributed by atoms with Gasteiger partial charge in [0.1, 0.15) is 5.82 Å². The van der Waals surface area contributed by atoms with Gasteiger partial charge >= 0.3 is 0 Å². The molecule has 0 aromatic heterocycles. The van der Waals surface area contributed by atoms with Gasteiger partial charge in [-0.1, -0.05) is 13.2 Å². The number of hydrogen-bond donors (Lipinski definition) is 3. The molecule has 0 radical (unpaired) electrons. The lowest BCUT2D eigenvalue weighted by Crippen LogP contribution is -2.34. The second-order valence-corrected chi connectivity index (χ2v) is 2.35. The van der Waals surface area contributed by atoms with E-state index in [2.05, 4.69) is 23.8 Å². The number of carbonyl (C=O) groups excluding carboxylic acids is 3. The molecule has 15 heavy (non-hydrogen) atoms. The zero-order valence-corrected chi connectivity index (χ0v) is 7.95. The van der Waals surface area contributed by atoms with Gasteiger partial charge in [-0.05, 0) is 12.2 Å². The second kappa shape index (κ2) is 6.14. The molecule has 0 saturated carbocycles. The van der Waals surface area contributed by atoms with Crippen LogP contribution >= 0.6 is 0 Å². The first-order valence-electron chi connectivity index (χ1n) is 3.87. The summed E-state index contributed by atoms with van der Waals surface area (Å²) in [5, 5.41) is 4.37. The minimum Gasteiger partial charge on any atom is -0.366 e. The number of amides is 3. The number of nitrogens with two attached hydrogens (primary N) is 1. The highest BCUT2D eigenvalue weighted by Gasteiger charge is 2.04. The summed E-state index contributed by atoms with van der Waals surface area (Å²) >= 11 is 0. The van der Waals surface area contributed by atoms with Crippen molar-refractivity contribution >= 4 is 17.7 Å². The first-order valence-corrected chi connectivity index (χ1v) is 3.87. The molecular weight excluding hydrogens is 198 g/mol. The Labute approximate surface area is 86.5 Å². The molecule has 0 spiro atoms. The lowest BCUT2D eigenvalue weighted by molar-refractivity contribution is -0.116. The summed E-state index contributed by atoms with van der Waals surface area (Å²) in [5.74, 6) is -2.09. The fraction of sp³-hybridized carbons (Fsp3) is 0. The van der Waals surface area contributed by atoms with E-state index in [4.69, 9.17) is 5.73 Å². The van der Waals surface area contributed by atoms with Gasteiger partial charge < -0.3 is 16.4 Å². The summed E-state index contributed by atoms with van der Waals surface area (Å²) in [6.07, 6.45) is 2.83. The summed E-state index contributed by atoms with van der Waals surface area (Å²) in [6, 6.07) is 0. The molecule has 0 aromatic carbocycles. The quantitative estimate of drug-likeness (QED) is 0.502. The summed E-state index contributed by atoms with van der Waals surface area (Å²) in [7, 11) is 0. The predicted molar refractivity (Wildman–Crippen MR) is 54.0 cm³/mol. The van der Waals surface area contributed by atoms with Crippen LogP contribution in [0.2, 0.25) is 0 Å². The fourth-order valence-electron chi connectivity index (χ4n) is 0.613. The Hall–Kier alpha value is -2.37. The SMILES string of the molecule is C=CC(=O)NC(=CC(N)=O)NC(=O)C=C. The lowest BCUT2D eigenvalue weighted by atomic mass is 10.4. The van der Waals surface area contributed by atoms with Crippen molar-refractivity contribution in [3.8, 4) is 0 Å². The molecule has 4 N–H and O–H groups in total. The molecule has 6 heteroatoms. The van der Waals surface area contributed by atoms with Crippen molar-refractivity contribution in [2.75, 3.05) is 0 Å². The maximum atomic E-state index is 10.9. The summed E-state index contributed by atoms with van der Waals surface area (Å²) < 4.78 is 0. The monoisotopic (exact) mass is 209 g/mol. The molecule has 0 aromatic rings. The Balaban J connectivity index is 4.66. The molecule has 0 rings (SSSR count). The van der Waals surface area contributed by atoms with Gasteiger partial charge in [0.15, 0.2) is 0 Å². The first-order chi connectivity index (χ1) is 6.99. The van der Waals surface area contributed by atoms with Gasteiger partial charge in [0.2, 0.25) is 17.7 Å². The minimum absolute atomic E-state index is 0.127. The summed E-state index contributed by atoms with van der Waals surface area (Å²) in [6.45, 7) is 6.41. The van der Waals surface area contributed by atoms with Crippen molar-refractivity contribution in [3.05, 3.63) is 37.2 Å². The van der Waals surface area contributed by atoms with Gasteiger partial charge in [-0.25, -0.2) is 0 Å². The van der Waals surface area contributed by atoms with Gasteiger partial charge in [-0.2, -0.15) is 0 Å². The predicted octanol–water partition coefficient (Wildman–Crippen LogP) is -1.08. The highest BCUT2D eigenvalue weighted by atomic mass is 16.2. The molecule has 3 amide bonds. The molecule has 0 fully saturated rings. The van der Waals surface area contributed by atoms with Crippen LogP contribution in [0.4, 0.5) is 0 Å². The molecule has 0 aliphatic rings. The fourth-order valence-corrected chi connectivity index (χ4v) is 0.613. The van der Waals surface area contributed by atoms with E-state index >= 15 is 0 Å². The van der Waals surface area contributed by atoms with E-state index in [1.165, 1.54) is 0 Å². The Morgan fingerprint density at radius 2 is 1.40 bits per heavy atom. The van der Waals surface area contributed by atoms with Gasteiger partial charge in [0.25, 0.3) is 0 Å². The average molecular weight is 209 g/mol. The zero-order valence-electron chi connectivity index (χ0n) is 7.95. The van der Waals surface area contributed by atoms with E-state index in [-0.39, 0.29) is 5.82 Å². The maximum Gasteiger partial charge on any atom is 0.248 e. The van der Waals surface area contributed by atoms with Crippen LogP contribution in [-0.2, 0) is 14.4 Å². The van der Waals surface area contributed by atoms with Crippen LogP contribution in [0.3, 0.4) is 0 Å². The maximum absolute atomic E-state index is 10.9. The van der Waals surface area contributed by atoms with Crippen LogP contribution < -0.4 is 16.4 Å². The van der Waals surface area contributed by atoms with Gasteiger partial charge in [0.05, 0.1) is 0 Å². The molecule has 0 atom stereocenters. The molecule has 80 valence electrons. The molecule has 0 aliphatic heterocycles. The summed E-state index contributed by atoms with van der Waals surface area (Å²) in [5.41, 5.74) is 4.86. The zero-order chi connectivity index (χ0) is 11.8. The third kappa shape index (κ3) is 5.81. The number of hydrogen-bond acceptors (Lipinski definition) is 3. The molecule has 0 unspecified atom stereocenters. The highest BCUT2D eigenvalue weighted by Crippen LogP contribution is 1.85. The molecule has 0 saturated heterocycles. The second-order valence-electron chi connectivity index (χ2n) is 2.35. The van der Waals surface area contributed by atoms with Crippen LogP contribution in [-0.4, -0.2) is 17.7 Å². The van der Waals surface area contributed by atoms with Crippen LogP contribution in [0.1, 0.15) is 0 Å². The van der Waals surface area contributed by atoms with Crippen LogP contribution in [0.5, 0.6) is 0 Å². The van der Waals surface area contributed by atoms with E-state index in [1.807, 2.05) is 0 Å². The van der Waals surface area contributed by atoms with Crippen molar-refractivity contribution in [1.29, 1.82) is 0 Å². The topological polar surface area (TPSA) is 101 Å². The summed E-state index contributed by atoms with van der Waals surface area (Å²) in [4.78, 5) is 32.3. The standard InChI is InChI=1S/C9H11N3O3/c1-3-8(14)11-7(5-6(10)13)12-9(15)4-2/h3-5H,1-2H2,(H2,10,13)(H,11,14)(H,12,15). The minimum atomic E-state index is -0.807. The van der Waals surface area contributed by atoms with Crippen LogP contribution in [0, 0.1) is 0 Å². The average Bonchev–Trinajstić information content (AvgIpc) is 2.16. The van der Waals surface area contributed by atoms with Gasteiger partial charge in [0, 0.05) is 6.08 Å². The van der Waals surface area contributed by atoms with Crippen molar-refractivity contribution < 1.29 is 14.4 Å². The normalized spacial score (nSPS) is 8.27. The van der Waals surface area contributed by atoms with E-state index in [0.29, 0.717) is 0 Å². The third-order valence-corrected chi connectivity index (χ3v) is 1.17. The van der Waals surface area contributed by atoms with Crippen molar-refractivity contribution in [2.24, 2.45) is 5.73 Å². The Bertz CT molecular complexity index is 321. The van der Waals surface area contributed by atoms with Crippen molar-refractivity contribution in [3.63, 3.8) is 0 Å². The molecule has 0 heterocycles. The first kappa shape index (κ1) is 12.6. The van der Waals surface area contributed by atoms with E-state index in [0.717, 1.165) is 18.2 Å². The Kier molecular flexibility index (Phi) is 5.17. The lowest BCUT2D eigenvalue weighted by Gasteiger charge is -2.07. The smallest absolute Gasteiger partial charge is 0.248 e. The molecule has 6 nitrogen and oxygen atoms in total. The number of carbonyl (C=O) groups is 3. The Morgan fingerprint density at radius 1 is 1.00 bits per heavy atom. The molecular formula is C9H11N3O3. The largest absolute Gasteiger partial charge is 0.366 e. The third-order valence-electron chi connectivity index (χ3n) is 1.17. The van der Waals surface area contributed by atoms with Crippen molar-refractivity contribution in [2.45, 2.75) is 0 Å². The van der Waals surface area contributed by atoms with E-state index in [1.54, 1.807) is 0 Å². The van der Waals surface area contributed by atoms with Crippen molar-refractivity contribution in [1.82, 2.24) is 10.6 Å². The van der Waals surface area contributed by atoms with E-state index in [9.17, 15) is 14.4 Å². The number of rotatable bonds is 5. The van der Waals surface area contributed by atoms with Crippen LogP contribution in [0.15, 0.2) is 37.2 Å².